The standard InChI is InChI=1S/C19H19NO4S/c21-19-9-4-2-6-15(19)10-11-17-14-16-7-1-3-8-18(16)20(17)12-5-13-25(22,23)24/h1-4,6-11H,5,12-14H2,(H,22,23,24). The highest BCUT2D eigenvalue weighted by Crippen LogP contribution is 2.27. The normalized spacial score (nSPS) is 14.3. The highest BCUT2D eigenvalue weighted by Gasteiger charge is 2.27. The summed E-state index contributed by atoms with van der Waals surface area (Å²) in [4.78, 5) is 0. The molecule has 6 heteroatoms. The van der Waals surface area contributed by atoms with Crippen molar-refractivity contribution in [2.45, 2.75) is 12.8 Å². The predicted octanol–water partition coefficient (Wildman–Crippen LogP) is 2.68. The zero-order valence-electron chi connectivity index (χ0n) is 13.6. The van der Waals surface area contributed by atoms with E-state index in [2.05, 4.69) is 0 Å². The minimum atomic E-state index is -4.21. The third-order valence-corrected chi connectivity index (χ3v) is 4.96. The van der Waals surface area contributed by atoms with Crippen molar-refractivity contribution in [3.63, 3.8) is 0 Å². The average Bonchev–Trinajstić information content (AvgIpc) is 2.91. The fraction of sp³-hybridized carbons (Fsp3) is 0.211. The molecule has 130 valence electrons. The second-order valence-corrected chi connectivity index (χ2v) is 7.48. The van der Waals surface area contributed by atoms with Crippen LogP contribution in [0.4, 0.5) is 5.69 Å². The van der Waals surface area contributed by atoms with Crippen LogP contribution in [0.3, 0.4) is 0 Å². The lowest BCUT2D eigenvalue weighted by atomic mass is 10.1. The van der Waals surface area contributed by atoms with Gasteiger partial charge in [0.15, 0.2) is 5.71 Å². The Kier molecular flexibility index (Phi) is 5.01. The largest absolute Gasteiger partial charge is 0.748 e. The molecular weight excluding hydrogens is 338 g/mol. The van der Waals surface area contributed by atoms with Crippen molar-refractivity contribution in [2.24, 2.45) is 0 Å². The molecule has 0 bridgehead atoms. The minimum Gasteiger partial charge on any atom is -0.748 e. The maximum absolute atomic E-state index is 10.9. The van der Waals surface area contributed by atoms with E-state index >= 15 is 0 Å². The van der Waals surface area contributed by atoms with E-state index in [1.165, 1.54) is 0 Å². The first-order chi connectivity index (χ1) is 11.9. The molecule has 0 saturated carbocycles. The molecule has 1 N–H and O–H groups in total. The van der Waals surface area contributed by atoms with Gasteiger partial charge < -0.3 is 9.66 Å². The van der Waals surface area contributed by atoms with Gasteiger partial charge >= 0.3 is 0 Å². The summed E-state index contributed by atoms with van der Waals surface area (Å²) in [6.45, 7) is 0.457. The van der Waals surface area contributed by atoms with E-state index in [0.29, 0.717) is 12.1 Å². The van der Waals surface area contributed by atoms with Crippen LogP contribution in [0.2, 0.25) is 0 Å². The molecular formula is C19H19NO4S. The van der Waals surface area contributed by atoms with Crippen molar-refractivity contribution in [3.05, 3.63) is 65.7 Å². The molecule has 2 aromatic carbocycles. The van der Waals surface area contributed by atoms with Crippen LogP contribution in [0.1, 0.15) is 17.5 Å². The summed E-state index contributed by atoms with van der Waals surface area (Å²) in [6, 6.07) is 15.0. The monoisotopic (exact) mass is 357 g/mol. The molecule has 0 aromatic heterocycles. The van der Waals surface area contributed by atoms with Crippen LogP contribution in [-0.4, -0.2) is 40.7 Å². The summed E-state index contributed by atoms with van der Waals surface area (Å²) < 4.78 is 34.6. The van der Waals surface area contributed by atoms with Crippen molar-refractivity contribution < 1.29 is 22.7 Å². The van der Waals surface area contributed by atoms with Crippen molar-refractivity contribution in [1.82, 2.24) is 0 Å². The number of fused-ring (bicyclic) bond motifs is 1. The number of hydrogen-bond donors (Lipinski definition) is 1. The van der Waals surface area contributed by atoms with E-state index < -0.39 is 10.1 Å². The number of nitrogens with zero attached hydrogens (tertiary/aromatic N) is 1. The number of allylic oxidation sites excluding steroid dienone is 1. The van der Waals surface area contributed by atoms with Gasteiger partial charge in [-0.3, -0.25) is 0 Å². The number of phenols is 1. The van der Waals surface area contributed by atoms with Crippen molar-refractivity contribution in [1.29, 1.82) is 0 Å². The summed E-state index contributed by atoms with van der Waals surface area (Å²) >= 11 is 0. The zero-order valence-corrected chi connectivity index (χ0v) is 14.4. The highest BCUT2D eigenvalue weighted by molar-refractivity contribution is 7.85. The summed E-state index contributed by atoms with van der Waals surface area (Å²) in [5.41, 5.74) is 3.91. The first-order valence-corrected chi connectivity index (χ1v) is 9.63. The first-order valence-electron chi connectivity index (χ1n) is 8.05. The lowest BCUT2D eigenvalue weighted by Gasteiger charge is -2.06. The van der Waals surface area contributed by atoms with Crippen molar-refractivity contribution >= 4 is 27.6 Å². The Labute approximate surface area is 147 Å². The van der Waals surface area contributed by atoms with Gasteiger partial charge in [-0.15, -0.1) is 0 Å². The van der Waals surface area contributed by atoms with Crippen LogP contribution in [0.25, 0.3) is 6.08 Å². The maximum Gasteiger partial charge on any atom is 0.209 e. The van der Waals surface area contributed by atoms with Crippen LogP contribution < -0.4 is 0 Å². The molecule has 2 aromatic rings. The van der Waals surface area contributed by atoms with Gasteiger partial charge in [0.25, 0.3) is 0 Å². The average molecular weight is 357 g/mol. The number of phenolic OH excluding ortho intramolecular Hbond substituents is 1. The lowest BCUT2D eigenvalue weighted by molar-refractivity contribution is -0.436. The van der Waals surface area contributed by atoms with E-state index in [0.717, 1.165) is 23.4 Å². The van der Waals surface area contributed by atoms with E-state index in [-0.39, 0.29) is 17.9 Å². The molecule has 0 atom stereocenters. The minimum absolute atomic E-state index is 0.207. The van der Waals surface area contributed by atoms with Crippen LogP contribution in [0.5, 0.6) is 5.75 Å². The fourth-order valence-corrected chi connectivity index (χ4v) is 3.48. The summed E-state index contributed by atoms with van der Waals surface area (Å²) in [5, 5.41) is 9.88. The molecule has 0 spiro atoms. The second-order valence-electron chi connectivity index (χ2n) is 5.96. The Balaban J connectivity index is 1.87. The van der Waals surface area contributed by atoms with Gasteiger partial charge in [-0.25, -0.2) is 8.42 Å². The molecule has 0 unspecified atom stereocenters. The predicted molar refractivity (Wildman–Crippen MR) is 96.3 cm³/mol. The maximum atomic E-state index is 10.9. The summed E-state index contributed by atoms with van der Waals surface area (Å²) in [7, 11) is -4.21. The smallest absolute Gasteiger partial charge is 0.209 e. The van der Waals surface area contributed by atoms with Gasteiger partial charge in [0.05, 0.1) is 16.5 Å². The van der Waals surface area contributed by atoms with Crippen molar-refractivity contribution in [3.8, 4) is 5.75 Å². The van der Waals surface area contributed by atoms with Gasteiger partial charge in [0.1, 0.15) is 12.3 Å². The van der Waals surface area contributed by atoms with Crippen molar-refractivity contribution in [2.75, 3.05) is 12.3 Å². The summed E-state index contributed by atoms with van der Waals surface area (Å²) in [6.07, 6.45) is 4.77. The summed E-state index contributed by atoms with van der Waals surface area (Å²) in [5.74, 6) is -0.166. The number of aromatic hydroxyl groups is 1. The van der Waals surface area contributed by atoms with Gasteiger partial charge in [0.2, 0.25) is 5.69 Å². The Morgan fingerprint density at radius 3 is 2.56 bits per heavy atom. The molecule has 1 heterocycles. The molecule has 1 aliphatic rings. The molecule has 1 aliphatic heterocycles. The third-order valence-electron chi connectivity index (χ3n) is 4.17. The molecule has 3 rings (SSSR count). The molecule has 0 fully saturated rings. The molecule has 0 radical (unpaired) electrons. The Hall–Kier alpha value is -2.44. The number of benzene rings is 2. The molecule has 5 nitrogen and oxygen atoms in total. The molecule has 0 aliphatic carbocycles. The molecule has 0 amide bonds. The van der Waals surface area contributed by atoms with Crippen LogP contribution >= 0.6 is 0 Å². The first kappa shape index (κ1) is 17.4. The van der Waals surface area contributed by atoms with Crippen LogP contribution in [0, 0.1) is 0 Å². The Morgan fingerprint density at radius 2 is 1.80 bits per heavy atom. The zero-order chi connectivity index (χ0) is 17.9. The lowest BCUT2D eigenvalue weighted by Crippen LogP contribution is -2.16. The van der Waals surface area contributed by atoms with Crippen LogP contribution in [-0.2, 0) is 16.5 Å². The molecule has 25 heavy (non-hydrogen) atoms. The van der Waals surface area contributed by atoms with Gasteiger partial charge in [-0.05, 0) is 12.1 Å². The van der Waals surface area contributed by atoms with Crippen LogP contribution in [0.15, 0.2) is 54.6 Å². The fourth-order valence-electron chi connectivity index (χ4n) is 3.00. The second kappa shape index (κ2) is 7.21. The van der Waals surface area contributed by atoms with E-state index in [1.807, 2.05) is 53.1 Å². The van der Waals surface area contributed by atoms with Gasteiger partial charge in [-0.2, -0.15) is 4.58 Å². The topological polar surface area (TPSA) is 80.4 Å². The van der Waals surface area contributed by atoms with E-state index in [9.17, 15) is 18.1 Å². The molecule has 0 saturated heterocycles. The Morgan fingerprint density at radius 1 is 1.08 bits per heavy atom. The van der Waals surface area contributed by atoms with E-state index in [4.69, 9.17) is 0 Å². The third kappa shape index (κ3) is 4.35. The highest BCUT2D eigenvalue weighted by atomic mass is 32.2. The Bertz CT molecular complexity index is 945. The van der Waals surface area contributed by atoms with Gasteiger partial charge in [-0.1, -0.05) is 36.4 Å². The number of hydrogen-bond acceptors (Lipinski definition) is 4. The quantitative estimate of drug-likeness (QED) is 0.637. The number of rotatable bonds is 6. The van der Waals surface area contributed by atoms with Gasteiger partial charge in [0, 0.05) is 35.4 Å². The van der Waals surface area contributed by atoms with E-state index in [1.54, 1.807) is 12.1 Å². The number of para-hydroxylation sites is 2. The SMILES string of the molecule is O=S(=O)([O-])CCC[N+]1=C(/C=C/c2ccccc2O)Cc2ccccc21.